The molecule has 0 amide bonds. The SMILES string of the molecule is CCc1nc(-c2ccc3c(c2)CC[C@H]3CC(=O)c2ccnn2C)no1. The number of Topliss-reactive ketones (excluding diaryl/α,β-unsaturated/α-hetero) is 1. The van der Waals surface area contributed by atoms with Crippen LogP contribution in [-0.4, -0.2) is 25.7 Å². The Hall–Kier alpha value is -2.76. The Morgan fingerprint density at radius 2 is 2.24 bits per heavy atom. The van der Waals surface area contributed by atoms with E-state index in [-0.39, 0.29) is 11.7 Å². The van der Waals surface area contributed by atoms with Gasteiger partial charge in [0.25, 0.3) is 0 Å². The van der Waals surface area contributed by atoms with E-state index in [0.29, 0.717) is 23.8 Å². The Labute approximate surface area is 145 Å². The zero-order valence-electron chi connectivity index (χ0n) is 14.4. The average molecular weight is 336 g/mol. The molecule has 0 saturated carbocycles. The van der Waals surface area contributed by atoms with Crippen molar-refractivity contribution < 1.29 is 9.32 Å². The molecule has 2 heterocycles. The second kappa shape index (κ2) is 6.27. The van der Waals surface area contributed by atoms with Gasteiger partial charge in [-0.15, -0.1) is 0 Å². The van der Waals surface area contributed by atoms with Crippen molar-refractivity contribution in [1.82, 2.24) is 19.9 Å². The van der Waals surface area contributed by atoms with Gasteiger partial charge in [0.15, 0.2) is 5.78 Å². The first-order valence-corrected chi connectivity index (χ1v) is 8.62. The maximum Gasteiger partial charge on any atom is 0.226 e. The Bertz CT molecular complexity index is 925. The number of carbonyl (C=O) groups is 1. The minimum atomic E-state index is 0.146. The van der Waals surface area contributed by atoms with Gasteiger partial charge in [-0.3, -0.25) is 9.48 Å². The van der Waals surface area contributed by atoms with Gasteiger partial charge >= 0.3 is 0 Å². The molecule has 0 saturated heterocycles. The van der Waals surface area contributed by atoms with Gasteiger partial charge in [0.1, 0.15) is 5.69 Å². The van der Waals surface area contributed by atoms with Crippen molar-refractivity contribution in [2.24, 2.45) is 7.05 Å². The number of ketones is 1. The highest BCUT2D eigenvalue weighted by molar-refractivity contribution is 5.95. The number of fused-ring (bicyclic) bond motifs is 1. The summed E-state index contributed by atoms with van der Waals surface area (Å²) in [6.45, 7) is 1.99. The molecule has 0 N–H and O–H groups in total. The highest BCUT2D eigenvalue weighted by Gasteiger charge is 2.26. The summed E-state index contributed by atoms with van der Waals surface area (Å²) in [5.74, 6) is 1.69. The van der Waals surface area contributed by atoms with Crippen LogP contribution >= 0.6 is 0 Å². The summed E-state index contributed by atoms with van der Waals surface area (Å²) in [4.78, 5) is 16.9. The first-order valence-electron chi connectivity index (χ1n) is 8.62. The summed E-state index contributed by atoms with van der Waals surface area (Å²) in [6.07, 6.45) is 4.89. The van der Waals surface area contributed by atoms with Crippen molar-refractivity contribution in [3.8, 4) is 11.4 Å². The summed E-state index contributed by atoms with van der Waals surface area (Å²) in [5.41, 5.74) is 4.19. The lowest BCUT2D eigenvalue weighted by Crippen LogP contribution is -2.10. The third-order valence-electron chi connectivity index (χ3n) is 4.91. The van der Waals surface area contributed by atoms with E-state index in [9.17, 15) is 4.79 Å². The highest BCUT2D eigenvalue weighted by atomic mass is 16.5. The molecule has 0 spiro atoms. The maximum atomic E-state index is 12.5. The van der Waals surface area contributed by atoms with Crippen molar-refractivity contribution in [2.45, 2.75) is 38.5 Å². The topological polar surface area (TPSA) is 73.8 Å². The van der Waals surface area contributed by atoms with Crippen LogP contribution in [0.4, 0.5) is 0 Å². The van der Waals surface area contributed by atoms with E-state index in [1.807, 2.05) is 13.0 Å². The van der Waals surface area contributed by atoms with Crippen LogP contribution in [-0.2, 0) is 19.9 Å². The van der Waals surface area contributed by atoms with Crippen molar-refractivity contribution in [1.29, 1.82) is 0 Å². The number of hydrogen-bond donors (Lipinski definition) is 0. The minimum absolute atomic E-state index is 0.146. The van der Waals surface area contributed by atoms with E-state index in [1.165, 1.54) is 11.1 Å². The lowest BCUT2D eigenvalue weighted by molar-refractivity contribution is 0.0964. The van der Waals surface area contributed by atoms with Gasteiger partial charge in [0, 0.05) is 31.6 Å². The number of aromatic nitrogens is 4. The highest BCUT2D eigenvalue weighted by Crippen LogP contribution is 2.38. The van der Waals surface area contributed by atoms with Gasteiger partial charge in [-0.25, -0.2) is 0 Å². The van der Waals surface area contributed by atoms with E-state index >= 15 is 0 Å². The second-order valence-electron chi connectivity index (χ2n) is 6.48. The van der Waals surface area contributed by atoms with Crippen LogP contribution in [0.1, 0.15) is 53.2 Å². The number of hydrogen-bond acceptors (Lipinski definition) is 5. The zero-order valence-corrected chi connectivity index (χ0v) is 14.4. The lowest BCUT2D eigenvalue weighted by Gasteiger charge is -2.11. The van der Waals surface area contributed by atoms with Gasteiger partial charge in [0.05, 0.1) is 0 Å². The minimum Gasteiger partial charge on any atom is -0.339 e. The maximum absolute atomic E-state index is 12.5. The summed E-state index contributed by atoms with van der Waals surface area (Å²) < 4.78 is 6.84. The normalized spacial score (nSPS) is 16.2. The summed E-state index contributed by atoms with van der Waals surface area (Å²) >= 11 is 0. The molecule has 0 aliphatic heterocycles. The molecule has 6 heteroatoms. The molecular weight excluding hydrogens is 316 g/mol. The Morgan fingerprint density at radius 3 is 2.96 bits per heavy atom. The van der Waals surface area contributed by atoms with Crippen LogP contribution in [0.2, 0.25) is 0 Å². The van der Waals surface area contributed by atoms with Gasteiger partial charge in [0.2, 0.25) is 11.7 Å². The Balaban J connectivity index is 1.55. The summed E-state index contributed by atoms with van der Waals surface area (Å²) in [7, 11) is 1.80. The second-order valence-corrected chi connectivity index (χ2v) is 6.48. The van der Waals surface area contributed by atoms with Gasteiger partial charge in [-0.2, -0.15) is 10.1 Å². The molecule has 3 aromatic rings. The molecule has 2 aromatic heterocycles. The van der Waals surface area contributed by atoms with Gasteiger partial charge < -0.3 is 4.52 Å². The van der Waals surface area contributed by atoms with E-state index in [1.54, 1.807) is 24.0 Å². The monoisotopic (exact) mass is 336 g/mol. The molecule has 1 aromatic carbocycles. The quantitative estimate of drug-likeness (QED) is 0.668. The fourth-order valence-electron chi connectivity index (χ4n) is 3.55. The summed E-state index contributed by atoms with van der Waals surface area (Å²) in [6, 6.07) is 8.05. The van der Waals surface area contributed by atoms with E-state index in [0.717, 1.165) is 24.8 Å². The largest absolute Gasteiger partial charge is 0.339 e. The molecule has 6 nitrogen and oxygen atoms in total. The van der Waals surface area contributed by atoms with Gasteiger partial charge in [-0.1, -0.05) is 24.2 Å². The predicted octanol–water partition coefficient (Wildman–Crippen LogP) is 3.34. The molecule has 0 fully saturated rings. The third kappa shape index (κ3) is 2.88. The Kier molecular flexibility index (Phi) is 3.95. The fourth-order valence-corrected chi connectivity index (χ4v) is 3.55. The molecule has 1 aliphatic carbocycles. The first-order chi connectivity index (χ1) is 12.2. The average Bonchev–Trinajstić information content (AvgIpc) is 3.34. The third-order valence-corrected chi connectivity index (χ3v) is 4.91. The standard InChI is InChI=1S/C19H20N4O2/c1-3-18-21-19(22-25-18)14-6-7-15-12(10-14)4-5-13(15)11-17(24)16-8-9-20-23(16)2/h6-10,13H,3-5,11H2,1-2H3/t13-/m0/s1. The smallest absolute Gasteiger partial charge is 0.226 e. The molecule has 128 valence electrons. The number of benzene rings is 1. The molecule has 1 atom stereocenters. The molecule has 0 radical (unpaired) electrons. The van der Waals surface area contributed by atoms with Crippen LogP contribution < -0.4 is 0 Å². The van der Waals surface area contributed by atoms with E-state index in [4.69, 9.17) is 4.52 Å². The number of nitrogens with zero attached hydrogens (tertiary/aromatic N) is 4. The number of aryl methyl sites for hydroxylation is 3. The molecule has 0 bridgehead atoms. The van der Waals surface area contributed by atoms with Crippen molar-refractivity contribution in [2.75, 3.05) is 0 Å². The van der Waals surface area contributed by atoms with Crippen LogP contribution in [0.5, 0.6) is 0 Å². The molecule has 25 heavy (non-hydrogen) atoms. The van der Waals surface area contributed by atoms with Crippen LogP contribution in [0.15, 0.2) is 35.0 Å². The predicted molar refractivity (Wildman–Crippen MR) is 92.3 cm³/mol. The van der Waals surface area contributed by atoms with Gasteiger partial charge in [-0.05, 0) is 42.0 Å². The van der Waals surface area contributed by atoms with Crippen LogP contribution in [0.3, 0.4) is 0 Å². The van der Waals surface area contributed by atoms with Crippen LogP contribution in [0, 0.1) is 0 Å². The van der Waals surface area contributed by atoms with Crippen LogP contribution in [0.25, 0.3) is 11.4 Å². The fraction of sp³-hybridized carbons (Fsp3) is 0.368. The Morgan fingerprint density at radius 1 is 1.36 bits per heavy atom. The number of carbonyl (C=O) groups excluding carboxylic acids is 1. The van der Waals surface area contributed by atoms with Crippen molar-refractivity contribution in [3.63, 3.8) is 0 Å². The van der Waals surface area contributed by atoms with Crippen molar-refractivity contribution >= 4 is 5.78 Å². The molecular formula is C19H20N4O2. The summed E-state index contributed by atoms with van der Waals surface area (Å²) in [5, 5.41) is 8.13. The number of rotatable bonds is 5. The first kappa shape index (κ1) is 15.7. The van der Waals surface area contributed by atoms with E-state index < -0.39 is 0 Å². The molecule has 0 unspecified atom stereocenters. The van der Waals surface area contributed by atoms with E-state index in [2.05, 4.69) is 27.4 Å². The zero-order chi connectivity index (χ0) is 17.4. The van der Waals surface area contributed by atoms with Crippen molar-refractivity contribution in [3.05, 3.63) is 53.2 Å². The molecule has 1 aliphatic rings. The molecule has 4 rings (SSSR count). The lowest BCUT2D eigenvalue weighted by atomic mass is 9.94.